The topological polar surface area (TPSA) is 140 Å². The highest BCUT2D eigenvalue weighted by Gasteiger charge is 2.42. The number of benzene rings is 2. The second-order valence-corrected chi connectivity index (χ2v) is 12.3. The van der Waals surface area contributed by atoms with Gasteiger partial charge < -0.3 is 26.0 Å². The number of nitrogens with one attached hydrogen (secondary N) is 2. The van der Waals surface area contributed by atoms with Crippen LogP contribution in [-0.2, 0) is 27.2 Å². The number of hydrogen-bond donors (Lipinski definition) is 3. The number of fused-ring (bicyclic) bond motifs is 1. The minimum absolute atomic E-state index is 0.0955. The van der Waals surface area contributed by atoms with E-state index in [9.17, 15) is 14.4 Å². The molecule has 4 N–H and O–H groups in total. The highest BCUT2D eigenvalue weighted by molar-refractivity contribution is 5.93. The summed E-state index contributed by atoms with van der Waals surface area (Å²) in [6, 6.07) is 17.5. The number of carbonyl (C=O) groups is 3. The molecule has 10 heteroatoms. The molecule has 3 aromatic rings. The lowest BCUT2D eigenvalue weighted by atomic mass is 9.84. The molecule has 5 rings (SSSR count). The molecule has 3 amide bonds. The van der Waals surface area contributed by atoms with Crippen molar-refractivity contribution in [3.05, 3.63) is 89.2 Å². The van der Waals surface area contributed by atoms with Crippen molar-refractivity contribution in [2.24, 2.45) is 0 Å². The Morgan fingerprint density at radius 2 is 1.65 bits per heavy atom. The van der Waals surface area contributed by atoms with Gasteiger partial charge in [-0.3, -0.25) is 9.59 Å². The Kier molecular flexibility index (Phi) is 8.94. The Hall–Kier alpha value is -4.47. The lowest BCUT2D eigenvalue weighted by Gasteiger charge is -2.34. The molecule has 0 radical (unpaired) electrons. The maximum absolute atomic E-state index is 14.5. The molecular weight excluding hydrogens is 544 g/mol. The first-order valence-electron chi connectivity index (χ1n) is 14.9. The molecule has 3 atom stereocenters. The summed E-state index contributed by atoms with van der Waals surface area (Å²) in [6.07, 6.45) is 4.29. The molecule has 1 aromatic heterocycles. The smallest absolute Gasteiger partial charge is 0.408 e. The van der Waals surface area contributed by atoms with E-state index < -0.39 is 29.7 Å². The van der Waals surface area contributed by atoms with E-state index >= 15 is 0 Å². The first kappa shape index (κ1) is 30.0. The zero-order chi connectivity index (χ0) is 30.6. The van der Waals surface area contributed by atoms with Gasteiger partial charge in [0, 0.05) is 30.4 Å². The van der Waals surface area contributed by atoms with Crippen LogP contribution in [0.25, 0.3) is 0 Å². The van der Waals surface area contributed by atoms with Crippen molar-refractivity contribution in [1.29, 1.82) is 0 Å². The van der Waals surface area contributed by atoms with Crippen molar-refractivity contribution >= 4 is 23.9 Å². The fourth-order valence-electron chi connectivity index (χ4n) is 6.05. The fraction of sp³-hybridized carbons (Fsp3) is 0.424. The number of aryl methyl sites for hydroxylation is 1. The average molecular weight is 585 g/mol. The van der Waals surface area contributed by atoms with Gasteiger partial charge in [-0.15, -0.1) is 0 Å². The molecule has 1 aliphatic heterocycles. The highest BCUT2D eigenvalue weighted by atomic mass is 16.6. The Bertz CT molecular complexity index is 1400. The van der Waals surface area contributed by atoms with Gasteiger partial charge in [0.15, 0.2) is 0 Å². The molecule has 0 saturated carbocycles. The quantitative estimate of drug-likeness (QED) is 0.384. The van der Waals surface area contributed by atoms with Gasteiger partial charge in [-0.2, -0.15) is 0 Å². The SMILES string of the molecule is CC(C)(C)OC(=O)N[C@@H](C(=O)N1CCCC1C(=O)NC1CCc2nc(N)ncc2C1)C(c1ccccc1)c1ccccc1. The van der Waals surface area contributed by atoms with E-state index in [-0.39, 0.29) is 23.8 Å². The second kappa shape index (κ2) is 12.8. The second-order valence-electron chi connectivity index (χ2n) is 12.3. The molecule has 2 aromatic carbocycles. The van der Waals surface area contributed by atoms with Gasteiger partial charge in [-0.25, -0.2) is 14.8 Å². The van der Waals surface area contributed by atoms with Crippen molar-refractivity contribution in [1.82, 2.24) is 25.5 Å². The Morgan fingerprint density at radius 1 is 1.00 bits per heavy atom. The molecule has 1 saturated heterocycles. The summed E-state index contributed by atoms with van der Waals surface area (Å²) in [6.45, 7) is 5.75. The van der Waals surface area contributed by atoms with Crippen LogP contribution in [0, 0.1) is 0 Å². The van der Waals surface area contributed by atoms with Crippen LogP contribution in [0.5, 0.6) is 0 Å². The van der Waals surface area contributed by atoms with Crippen molar-refractivity contribution in [2.45, 2.75) is 82.5 Å². The molecule has 0 bridgehead atoms. The average Bonchev–Trinajstić information content (AvgIpc) is 3.47. The number of aromatic nitrogens is 2. The third kappa shape index (κ3) is 7.31. The molecule has 2 unspecified atom stereocenters. The van der Waals surface area contributed by atoms with Crippen molar-refractivity contribution in [3.63, 3.8) is 0 Å². The summed E-state index contributed by atoms with van der Waals surface area (Å²) >= 11 is 0. The number of nitrogens with two attached hydrogens (primary N) is 1. The van der Waals surface area contributed by atoms with Crippen molar-refractivity contribution in [2.75, 3.05) is 12.3 Å². The molecule has 0 spiro atoms. The molecule has 43 heavy (non-hydrogen) atoms. The van der Waals surface area contributed by atoms with Crippen LogP contribution in [0.3, 0.4) is 0 Å². The first-order chi connectivity index (χ1) is 20.6. The monoisotopic (exact) mass is 584 g/mol. The summed E-state index contributed by atoms with van der Waals surface area (Å²) in [5.74, 6) is -0.768. The summed E-state index contributed by atoms with van der Waals surface area (Å²) < 4.78 is 5.60. The summed E-state index contributed by atoms with van der Waals surface area (Å²) in [5.41, 5.74) is 8.61. The predicted molar refractivity (Wildman–Crippen MR) is 163 cm³/mol. The lowest BCUT2D eigenvalue weighted by molar-refractivity contribution is -0.140. The minimum Gasteiger partial charge on any atom is -0.444 e. The molecule has 1 fully saturated rings. The Balaban J connectivity index is 1.40. The number of ether oxygens (including phenoxy) is 1. The maximum atomic E-state index is 14.5. The molecule has 2 heterocycles. The Morgan fingerprint density at radius 3 is 2.28 bits per heavy atom. The molecular formula is C33H40N6O4. The van der Waals surface area contributed by atoms with E-state index in [0.717, 1.165) is 28.8 Å². The van der Waals surface area contributed by atoms with Crippen LogP contribution in [0.1, 0.15) is 68.3 Å². The number of alkyl carbamates (subject to hydrolysis) is 1. The number of rotatable bonds is 7. The van der Waals surface area contributed by atoms with E-state index in [4.69, 9.17) is 10.5 Å². The van der Waals surface area contributed by atoms with Gasteiger partial charge in [0.05, 0.1) is 0 Å². The van der Waals surface area contributed by atoms with Crippen LogP contribution in [0.4, 0.5) is 10.7 Å². The van der Waals surface area contributed by atoms with Crippen molar-refractivity contribution in [3.8, 4) is 0 Å². The third-order valence-corrected chi connectivity index (χ3v) is 7.94. The van der Waals surface area contributed by atoms with Crippen LogP contribution >= 0.6 is 0 Å². The summed E-state index contributed by atoms with van der Waals surface area (Å²) in [7, 11) is 0. The predicted octanol–water partition coefficient (Wildman–Crippen LogP) is 3.75. The first-order valence-corrected chi connectivity index (χ1v) is 14.9. The van der Waals surface area contributed by atoms with Crippen LogP contribution in [-0.4, -0.2) is 63.0 Å². The van der Waals surface area contributed by atoms with E-state index in [2.05, 4.69) is 20.6 Å². The molecule has 2 aliphatic rings. The standard InChI is InChI=1S/C33H40N6O4/c1-33(2,3)43-32(42)38-28(27(21-11-6-4-7-12-21)22-13-8-5-9-14-22)30(41)39-18-10-15-26(39)29(40)36-24-16-17-25-23(19-24)20-35-31(34)37-25/h4-9,11-14,20,24,26-28H,10,15-19H2,1-3H3,(H,36,40)(H,38,42)(H2,34,35,37)/t24?,26?,28-/m1/s1. The zero-order valence-electron chi connectivity index (χ0n) is 25.0. The van der Waals surface area contributed by atoms with Crippen LogP contribution in [0.2, 0.25) is 0 Å². The summed E-state index contributed by atoms with van der Waals surface area (Å²) in [5, 5.41) is 6.07. The van der Waals surface area contributed by atoms with Gasteiger partial charge in [0.25, 0.3) is 0 Å². The maximum Gasteiger partial charge on any atom is 0.408 e. The Labute approximate surface area is 252 Å². The minimum atomic E-state index is -1.00. The number of nitrogens with zero attached hydrogens (tertiary/aromatic N) is 3. The number of hydrogen-bond acceptors (Lipinski definition) is 7. The van der Waals surface area contributed by atoms with Gasteiger partial charge in [0.1, 0.15) is 17.7 Å². The van der Waals surface area contributed by atoms with E-state index in [1.807, 2.05) is 60.7 Å². The normalized spacial score (nSPS) is 18.9. The summed E-state index contributed by atoms with van der Waals surface area (Å²) in [4.78, 5) is 51.4. The van der Waals surface area contributed by atoms with Crippen LogP contribution in [0.15, 0.2) is 66.9 Å². The number of carbonyl (C=O) groups excluding carboxylic acids is 3. The van der Waals surface area contributed by atoms with Crippen molar-refractivity contribution < 1.29 is 19.1 Å². The van der Waals surface area contributed by atoms with Gasteiger partial charge in [-0.1, -0.05) is 60.7 Å². The fourth-order valence-corrected chi connectivity index (χ4v) is 6.05. The van der Waals surface area contributed by atoms with Gasteiger partial charge in [0.2, 0.25) is 17.8 Å². The van der Waals surface area contributed by atoms with Gasteiger partial charge >= 0.3 is 6.09 Å². The lowest BCUT2D eigenvalue weighted by Crippen LogP contribution is -2.57. The highest BCUT2D eigenvalue weighted by Crippen LogP contribution is 2.31. The van der Waals surface area contributed by atoms with Gasteiger partial charge in [-0.05, 0) is 69.6 Å². The number of likely N-dealkylation sites (tertiary alicyclic amines) is 1. The largest absolute Gasteiger partial charge is 0.444 e. The number of amides is 3. The molecule has 10 nitrogen and oxygen atoms in total. The number of nitrogen functional groups attached to an aromatic ring is 1. The molecule has 226 valence electrons. The van der Waals surface area contributed by atoms with E-state index in [1.54, 1.807) is 31.9 Å². The van der Waals surface area contributed by atoms with E-state index in [1.165, 1.54) is 0 Å². The third-order valence-electron chi connectivity index (χ3n) is 7.94. The molecule has 1 aliphatic carbocycles. The zero-order valence-corrected chi connectivity index (χ0v) is 25.0. The number of anilines is 1. The van der Waals surface area contributed by atoms with E-state index in [0.29, 0.717) is 32.2 Å². The van der Waals surface area contributed by atoms with Crippen LogP contribution < -0.4 is 16.4 Å².